The number of hydrogen-bond acceptors (Lipinski definition) is 2. The highest BCUT2D eigenvalue weighted by Crippen LogP contribution is 2.14. The van der Waals surface area contributed by atoms with Crippen molar-refractivity contribution in [3.63, 3.8) is 0 Å². The quantitative estimate of drug-likeness (QED) is 0.711. The fraction of sp³-hybridized carbons (Fsp3) is 0.308. The highest BCUT2D eigenvalue weighted by Gasteiger charge is 2.12. The minimum absolute atomic E-state index is 0.00120. The predicted molar refractivity (Wildman–Crippen MR) is 64.8 cm³/mol. The molecule has 86 valence electrons. The second kappa shape index (κ2) is 5.95. The van der Waals surface area contributed by atoms with E-state index in [0.29, 0.717) is 24.4 Å². The molecule has 0 radical (unpaired) electrons. The molecule has 0 fully saturated rings. The van der Waals surface area contributed by atoms with E-state index in [4.69, 9.17) is 4.74 Å². The van der Waals surface area contributed by atoms with Gasteiger partial charge in [-0.25, -0.2) is 0 Å². The Morgan fingerprint density at radius 1 is 1.56 bits per heavy atom. The molecule has 0 unspecified atom stereocenters. The molecule has 0 aliphatic rings. The molecule has 0 N–H and O–H groups in total. The first-order chi connectivity index (χ1) is 7.72. The van der Waals surface area contributed by atoms with Gasteiger partial charge in [0.25, 0.3) is 5.91 Å². The van der Waals surface area contributed by atoms with Crippen LogP contribution in [0.25, 0.3) is 0 Å². The second-order valence-corrected chi connectivity index (χ2v) is 3.36. The van der Waals surface area contributed by atoms with Crippen LogP contribution < -0.4 is 4.74 Å². The summed E-state index contributed by atoms with van der Waals surface area (Å²) in [5.74, 6) is 0.696. The van der Waals surface area contributed by atoms with Crippen molar-refractivity contribution >= 4 is 5.91 Å². The molecule has 0 saturated carbocycles. The number of carbonyl (C=O) groups is 1. The maximum Gasteiger partial charge on any atom is 0.254 e. The van der Waals surface area contributed by atoms with E-state index in [9.17, 15) is 4.79 Å². The summed E-state index contributed by atoms with van der Waals surface area (Å²) in [4.78, 5) is 13.8. The van der Waals surface area contributed by atoms with Crippen LogP contribution in [0, 0.1) is 0 Å². The highest BCUT2D eigenvalue weighted by molar-refractivity contribution is 5.94. The Morgan fingerprint density at radius 3 is 2.88 bits per heavy atom. The van der Waals surface area contributed by atoms with E-state index in [1.165, 1.54) is 0 Å². The number of methoxy groups -OCH3 is 1. The van der Waals surface area contributed by atoms with Crippen molar-refractivity contribution in [1.82, 2.24) is 4.90 Å². The van der Waals surface area contributed by atoms with Gasteiger partial charge in [0.05, 0.1) is 7.11 Å². The van der Waals surface area contributed by atoms with Gasteiger partial charge >= 0.3 is 0 Å². The van der Waals surface area contributed by atoms with Crippen molar-refractivity contribution in [1.29, 1.82) is 0 Å². The normalized spacial score (nSPS) is 9.62. The van der Waals surface area contributed by atoms with Gasteiger partial charge in [-0.05, 0) is 25.1 Å². The lowest BCUT2D eigenvalue weighted by molar-refractivity contribution is 0.0782. The zero-order chi connectivity index (χ0) is 12.0. The maximum absolute atomic E-state index is 12.1. The highest BCUT2D eigenvalue weighted by atomic mass is 16.5. The summed E-state index contributed by atoms with van der Waals surface area (Å²) >= 11 is 0. The third kappa shape index (κ3) is 2.86. The lowest BCUT2D eigenvalue weighted by Gasteiger charge is -2.19. The first-order valence-electron chi connectivity index (χ1n) is 5.27. The summed E-state index contributed by atoms with van der Waals surface area (Å²) < 4.78 is 5.09. The topological polar surface area (TPSA) is 29.5 Å². The molecule has 16 heavy (non-hydrogen) atoms. The summed E-state index contributed by atoms with van der Waals surface area (Å²) in [6.45, 7) is 6.82. The van der Waals surface area contributed by atoms with E-state index in [1.807, 2.05) is 19.1 Å². The average molecular weight is 219 g/mol. The maximum atomic E-state index is 12.1. The molecule has 0 aliphatic carbocycles. The molecular weight excluding hydrogens is 202 g/mol. The van der Waals surface area contributed by atoms with Crippen molar-refractivity contribution in [3.8, 4) is 5.75 Å². The van der Waals surface area contributed by atoms with Gasteiger partial charge in [-0.3, -0.25) is 4.79 Å². The Hall–Kier alpha value is -1.77. The number of nitrogens with zero attached hydrogens (tertiary/aromatic N) is 1. The Labute approximate surface area is 96.3 Å². The van der Waals surface area contributed by atoms with Gasteiger partial charge in [0, 0.05) is 18.7 Å². The van der Waals surface area contributed by atoms with Gasteiger partial charge in [0.1, 0.15) is 5.75 Å². The molecule has 3 nitrogen and oxygen atoms in total. The van der Waals surface area contributed by atoms with Gasteiger partial charge in [-0.15, -0.1) is 6.58 Å². The van der Waals surface area contributed by atoms with Crippen molar-refractivity contribution < 1.29 is 9.53 Å². The SMILES string of the molecule is C=CCN(CC)C(=O)c1cccc(OC)c1. The van der Waals surface area contributed by atoms with Crippen LogP contribution in [-0.4, -0.2) is 31.0 Å². The number of rotatable bonds is 5. The molecule has 0 bridgehead atoms. The lowest BCUT2D eigenvalue weighted by atomic mass is 10.2. The van der Waals surface area contributed by atoms with E-state index in [0.717, 1.165) is 0 Å². The molecule has 1 amide bonds. The van der Waals surface area contributed by atoms with Gasteiger partial charge in [-0.1, -0.05) is 12.1 Å². The second-order valence-electron chi connectivity index (χ2n) is 3.36. The van der Waals surface area contributed by atoms with Gasteiger partial charge in [0.2, 0.25) is 0 Å². The van der Waals surface area contributed by atoms with E-state index < -0.39 is 0 Å². The van der Waals surface area contributed by atoms with Crippen LogP contribution in [0.15, 0.2) is 36.9 Å². The van der Waals surface area contributed by atoms with E-state index >= 15 is 0 Å². The van der Waals surface area contributed by atoms with Crippen LogP contribution >= 0.6 is 0 Å². The number of ether oxygens (including phenoxy) is 1. The molecule has 0 heterocycles. The Kier molecular flexibility index (Phi) is 4.58. The van der Waals surface area contributed by atoms with E-state index in [-0.39, 0.29) is 5.91 Å². The van der Waals surface area contributed by atoms with Gasteiger partial charge in [-0.2, -0.15) is 0 Å². The average Bonchev–Trinajstić information content (AvgIpc) is 2.35. The summed E-state index contributed by atoms with van der Waals surface area (Å²) in [6.07, 6.45) is 1.72. The molecule has 1 aromatic carbocycles. The van der Waals surface area contributed by atoms with Crippen molar-refractivity contribution in [2.75, 3.05) is 20.2 Å². The van der Waals surface area contributed by atoms with Crippen molar-refractivity contribution in [2.24, 2.45) is 0 Å². The van der Waals surface area contributed by atoms with E-state index in [2.05, 4.69) is 6.58 Å². The number of benzene rings is 1. The number of amides is 1. The first-order valence-corrected chi connectivity index (χ1v) is 5.27. The largest absolute Gasteiger partial charge is 0.497 e. The molecular formula is C13H17NO2. The summed E-state index contributed by atoms with van der Waals surface area (Å²) in [6, 6.07) is 7.17. The molecule has 0 spiro atoms. The number of carbonyl (C=O) groups excluding carboxylic acids is 1. The zero-order valence-corrected chi connectivity index (χ0v) is 9.77. The summed E-state index contributed by atoms with van der Waals surface area (Å²) in [5, 5.41) is 0. The lowest BCUT2D eigenvalue weighted by Crippen LogP contribution is -2.30. The monoisotopic (exact) mass is 219 g/mol. The summed E-state index contributed by atoms with van der Waals surface area (Å²) in [7, 11) is 1.59. The minimum atomic E-state index is 0.00120. The van der Waals surface area contributed by atoms with Crippen LogP contribution in [0.1, 0.15) is 17.3 Å². The fourth-order valence-corrected chi connectivity index (χ4v) is 1.45. The molecule has 0 atom stereocenters. The first kappa shape index (κ1) is 12.3. The fourth-order valence-electron chi connectivity index (χ4n) is 1.45. The van der Waals surface area contributed by atoms with Gasteiger partial charge < -0.3 is 9.64 Å². The van der Waals surface area contributed by atoms with Crippen molar-refractivity contribution in [2.45, 2.75) is 6.92 Å². The van der Waals surface area contributed by atoms with Crippen LogP contribution in [0.4, 0.5) is 0 Å². The zero-order valence-electron chi connectivity index (χ0n) is 9.77. The molecule has 3 heteroatoms. The number of likely N-dealkylation sites (N-methyl/N-ethyl adjacent to an activating group) is 1. The molecule has 0 aromatic heterocycles. The van der Waals surface area contributed by atoms with Gasteiger partial charge in [0.15, 0.2) is 0 Å². The van der Waals surface area contributed by atoms with Crippen molar-refractivity contribution in [3.05, 3.63) is 42.5 Å². The predicted octanol–water partition coefficient (Wildman–Crippen LogP) is 2.34. The minimum Gasteiger partial charge on any atom is -0.497 e. The van der Waals surface area contributed by atoms with Crippen LogP contribution in [0.5, 0.6) is 5.75 Å². The third-order valence-electron chi connectivity index (χ3n) is 2.34. The van der Waals surface area contributed by atoms with E-state index in [1.54, 1.807) is 30.2 Å². The standard InChI is InChI=1S/C13H17NO2/c1-4-9-14(5-2)13(15)11-7-6-8-12(10-11)16-3/h4,6-8,10H,1,5,9H2,2-3H3. The van der Waals surface area contributed by atoms with Crippen LogP contribution in [0.3, 0.4) is 0 Å². The molecule has 0 aliphatic heterocycles. The molecule has 1 aromatic rings. The molecule has 1 rings (SSSR count). The Bertz CT molecular complexity index is 374. The third-order valence-corrected chi connectivity index (χ3v) is 2.34. The smallest absolute Gasteiger partial charge is 0.254 e. The van der Waals surface area contributed by atoms with Crippen LogP contribution in [0.2, 0.25) is 0 Å². The Balaban J connectivity index is 2.89. The molecule has 0 saturated heterocycles. The summed E-state index contributed by atoms with van der Waals surface area (Å²) in [5.41, 5.74) is 0.642. The van der Waals surface area contributed by atoms with Crippen LogP contribution in [-0.2, 0) is 0 Å². The number of hydrogen-bond donors (Lipinski definition) is 0. The Morgan fingerprint density at radius 2 is 2.31 bits per heavy atom.